The van der Waals surface area contributed by atoms with Gasteiger partial charge in [0.25, 0.3) is 0 Å². The van der Waals surface area contributed by atoms with Crippen molar-refractivity contribution in [2.75, 3.05) is 19.8 Å². The van der Waals surface area contributed by atoms with Crippen molar-refractivity contribution in [3.63, 3.8) is 0 Å². The quantitative estimate of drug-likeness (QED) is 0.774. The molecule has 3 rings (SSSR count). The molecule has 0 unspecified atom stereocenters. The second kappa shape index (κ2) is 3.56. The summed E-state index contributed by atoms with van der Waals surface area (Å²) >= 11 is 0. The minimum atomic E-state index is 0.278. The Kier molecular flexibility index (Phi) is 2.17. The molecule has 0 radical (unpaired) electrons. The number of hydrogen-bond donors (Lipinski definition) is 2. The van der Waals surface area contributed by atoms with Crippen molar-refractivity contribution in [1.82, 2.24) is 0 Å². The van der Waals surface area contributed by atoms with Crippen LogP contribution in [0.2, 0.25) is 0 Å². The third-order valence-electron chi connectivity index (χ3n) is 3.28. The molecule has 0 fully saturated rings. The van der Waals surface area contributed by atoms with E-state index in [0.29, 0.717) is 25.5 Å². The fourth-order valence-corrected chi connectivity index (χ4v) is 2.59. The van der Waals surface area contributed by atoms with Crippen LogP contribution in [0.1, 0.15) is 16.7 Å². The molecule has 4 nitrogen and oxygen atoms in total. The van der Waals surface area contributed by atoms with Gasteiger partial charge in [-0.15, -0.1) is 0 Å². The van der Waals surface area contributed by atoms with E-state index in [0.717, 1.165) is 41.7 Å². The molecule has 1 aromatic carbocycles. The third kappa shape index (κ3) is 1.19. The van der Waals surface area contributed by atoms with Crippen molar-refractivity contribution in [3.8, 4) is 17.2 Å². The molecule has 0 aliphatic carbocycles. The van der Waals surface area contributed by atoms with Crippen molar-refractivity contribution >= 4 is 0 Å². The largest absolute Gasteiger partial charge is 0.504 e. The van der Waals surface area contributed by atoms with E-state index >= 15 is 0 Å². The van der Waals surface area contributed by atoms with Crippen LogP contribution < -0.4 is 15.2 Å². The minimum Gasteiger partial charge on any atom is -0.504 e. The Bertz CT molecular complexity index is 407. The van der Waals surface area contributed by atoms with Gasteiger partial charge in [0.2, 0.25) is 0 Å². The Labute approximate surface area is 94.0 Å². The molecule has 0 amide bonds. The molecule has 86 valence electrons. The van der Waals surface area contributed by atoms with Crippen LogP contribution in [0, 0.1) is 0 Å². The van der Waals surface area contributed by atoms with Crippen LogP contribution in [0.3, 0.4) is 0 Å². The van der Waals surface area contributed by atoms with E-state index < -0.39 is 0 Å². The first-order valence-electron chi connectivity index (χ1n) is 5.68. The van der Waals surface area contributed by atoms with Gasteiger partial charge in [0, 0.05) is 29.5 Å². The van der Waals surface area contributed by atoms with Gasteiger partial charge < -0.3 is 20.3 Å². The van der Waals surface area contributed by atoms with Gasteiger partial charge in [-0.2, -0.15) is 0 Å². The minimum absolute atomic E-state index is 0.278. The van der Waals surface area contributed by atoms with E-state index in [4.69, 9.17) is 15.2 Å². The van der Waals surface area contributed by atoms with Crippen LogP contribution >= 0.6 is 0 Å². The zero-order valence-electron chi connectivity index (χ0n) is 9.08. The van der Waals surface area contributed by atoms with Crippen molar-refractivity contribution in [2.45, 2.75) is 19.3 Å². The highest BCUT2D eigenvalue weighted by Gasteiger charge is 2.30. The standard InChI is InChI=1S/C12H15NO3/c13-4-1-7-8-2-5-16-12(8)10(14)9-3-6-15-11(7)9/h14H,1-6,13H2. The lowest BCUT2D eigenvalue weighted by Gasteiger charge is -2.13. The lowest BCUT2D eigenvalue weighted by molar-refractivity contribution is 0.333. The summed E-state index contributed by atoms with van der Waals surface area (Å²) < 4.78 is 11.1. The van der Waals surface area contributed by atoms with Crippen molar-refractivity contribution in [3.05, 3.63) is 16.7 Å². The molecular weight excluding hydrogens is 206 g/mol. The van der Waals surface area contributed by atoms with Crippen molar-refractivity contribution in [1.29, 1.82) is 0 Å². The number of ether oxygens (including phenoxy) is 2. The van der Waals surface area contributed by atoms with Crippen LogP contribution in [0.5, 0.6) is 17.2 Å². The molecule has 1 aromatic rings. The topological polar surface area (TPSA) is 64.7 Å². The zero-order valence-corrected chi connectivity index (χ0v) is 9.08. The summed E-state index contributed by atoms with van der Waals surface area (Å²) in [7, 11) is 0. The maximum Gasteiger partial charge on any atom is 0.165 e. The predicted molar refractivity (Wildman–Crippen MR) is 59.3 cm³/mol. The molecule has 0 saturated carbocycles. The Morgan fingerprint density at radius 1 is 1.06 bits per heavy atom. The maximum atomic E-state index is 10.1. The highest BCUT2D eigenvalue weighted by atomic mass is 16.5. The summed E-state index contributed by atoms with van der Waals surface area (Å²) in [5.41, 5.74) is 8.75. The van der Waals surface area contributed by atoms with E-state index in [-0.39, 0.29) is 5.75 Å². The molecule has 3 N–H and O–H groups in total. The second-order valence-corrected chi connectivity index (χ2v) is 4.18. The Hall–Kier alpha value is -1.42. The smallest absolute Gasteiger partial charge is 0.165 e. The monoisotopic (exact) mass is 221 g/mol. The van der Waals surface area contributed by atoms with E-state index in [1.54, 1.807) is 0 Å². The number of rotatable bonds is 2. The highest BCUT2D eigenvalue weighted by molar-refractivity contribution is 5.65. The Balaban J connectivity index is 2.23. The Morgan fingerprint density at radius 3 is 2.50 bits per heavy atom. The van der Waals surface area contributed by atoms with Crippen molar-refractivity contribution < 1.29 is 14.6 Å². The summed E-state index contributed by atoms with van der Waals surface area (Å²) in [6, 6.07) is 0. The van der Waals surface area contributed by atoms with Crippen LogP contribution in [0.15, 0.2) is 0 Å². The van der Waals surface area contributed by atoms with E-state index in [1.165, 1.54) is 0 Å². The number of fused-ring (bicyclic) bond motifs is 2. The average molecular weight is 221 g/mol. The van der Waals surface area contributed by atoms with Crippen LogP contribution in [-0.2, 0) is 19.3 Å². The molecular formula is C12H15NO3. The molecule has 4 heteroatoms. The first-order chi connectivity index (χ1) is 7.83. The number of aromatic hydroxyl groups is 1. The molecule has 16 heavy (non-hydrogen) atoms. The van der Waals surface area contributed by atoms with Gasteiger partial charge >= 0.3 is 0 Å². The van der Waals surface area contributed by atoms with E-state index in [2.05, 4.69) is 0 Å². The third-order valence-corrected chi connectivity index (χ3v) is 3.28. The van der Waals surface area contributed by atoms with Crippen LogP contribution in [0.4, 0.5) is 0 Å². The van der Waals surface area contributed by atoms with Gasteiger partial charge in [-0.05, 0) is 13.0 Å². The van der Waals surface area contributed by atoms with Gasteiger partial charge in [0.1, 0.15) is 5.75 Å². The summed E-state index contributed by atoms with van der Waals surface area (Å²) in [4.78, 5) is 0. The molecule has 0 aromatic heterocycles. The number of benzene rings is 1. The Morgan fingerprint density at radius 2 is 1.75 bits per heavy atom. The normalized spacial score (nSPS) is 16.6. The van der Waals surface area contributed by atoms with Gasteiger partial charge in [-0.1, -0.05) is 0 Å². The fraction of sp³-hybridized carbons (Fsp3) is 0.500. The SMILES string of the molecule is NCCc1c2c(c(O)c3c1OCC3)OCC2. The van der Waals surface area contributed by atoms with Gasteiger partial charge in [0.05, 0.1) is 13.2 Å². The lowest BCUT2D eigenvalue weighted by Crippen LogP contribution is -2.06. The van der Waals surface area contributed by atoms with Crippen LogP contribution in [-0.4, -0.2) is 24.9 Å². The molecule has 0 spiro atoms. The molecule has 0 bridgehead atoms. The molecule has 0 saturated heterocycles. The molecule has 2 heterocycles. The summed E-state index contributed by atoms with van der Waals surface area (Å²) in [6.07, 6.45) is 2.39. The summed E-state index contributed by atoms with van der Waals surface area (Å²) in [6.45, 7) is 1.87. The number of phenolic OH excluding ortho intramolecular Hbond substituents is 1. The average Bonchev–Trinajstić information content (AvgIpc) is 2.92. The molecule has 0 atom stereocenters. The first-order valence-corrected chi connectivity index (χ1v) is 5.68. The van der Waals surface area contributed by atoms with E-state index in [9.17, 15) is 5.11 Å². The predicted octanol–water partition coefficient (Wildman–Crippen LogP) is 0.763. The number of nitrogens with two attached hydrogens (primary N) is 1. The van der Waals surface area contributed by atoms with Gasteiger partial charge in [-0.3, -0.25) is 0 Å². The highest BCUT2D eigenvalue weighted by Crippen LogP contribution is 2.48. The second-order valence-electron chi connectivity index (χ2n) is 4.18. The molecule has 2 aliphatic heterocycles. The summed E-state index contributed by atoms with van der Waals surface area (Å²) in [5, 5.41) is 10.1. The van der Waals surface area contributed by atoms with Crippen LogP contribution in [0.25, 0.3) is 0 Å². The van der Waals surface area contributed by atoms with E-state index in [1.807, 2.05) is 0 Å². The number of phenols is 1. The zero-order chi connectivity index (χ0) is 11.1. The summed E-state index contributed by atoms with van der Waals surface area (Å²) in [5.74, 6) is 1.79. The maximum absolute atomic E-state index is 10.1. The first kappa shape index (κ1) is 9.78. The molecule has 2 aliphatic rings. The number of hydrogen-bond acceptors (Lipinski definition) is 4. The van der Waals surface area contributed by atoms with Crippen molar-refractivity contribution in [2.24, 2.45) is 5.73 Å². The van der Waals surface area contributed by atoms with Gasteiger partial charge in [-0.25, -0.2) is 0 Å². The fourth-order valence-electron chi connectivity index (χ4n) is 2.59. The lowest BCUT2D eigenvalue weighted by atomic mass is 9.96. The van der Waals surface area contributed by atoms with Gasteiger partial charge in [0.15, 0.2) is 11.5 Å².